The number of oxime groups is 1. The Morgan fingerprint density at radius 2 is 1.51 bits per heavy atom. The van der Waals surface area contributed by atoms with Gasteiger partial charge < -0.3 is 48.2 Å². The molecule has 13 nitrogen and oxygen atoms in total. The van der Waals surface area contributed by atoms with E-state index >= 15 is 4.79 Å². The molecular weight excluding hydrogens is 865 g/mol. The lowest BCUT2D eigenvalue weighted by atomic mass is 9.55. The fourth-order valence-electron chi connectivity index (χ4n) is 10.2. The van der Waals surface area contributed by atoms with Gasteiger partial charge in [0.25, 0.3) is 0 Å². The number of ether oxygens (including phenoxy) is 7. The van der Waals surface area contributed by atoms with Crippen LogP contribution in [0.3, 0.4) is 0 Å². The molecule has 0 saturated heterocycles. The number of aliphatic hydroxyl groups is 2. The fraction of sp³-hybridized carbons (Fsp3) is 0.418. The fourth-order valence-corrected chi connectivity index (χ4v) is 10.2. The summed E-state index contributed by atoms with van der Waals surface area (Å²) in [6.07, 6.45) is 9.84. The van der Waals surface area contributed by atoms with Crippen LogP contribution in [0.5, 0.6) is 23.0 Å². The molecule has 0 aromatic heterocycles. The molecule has 1 saturated carbocycles. The number of nitrogens with zero attached hydrogens (tertiary/aromatic N) is 2. The van der Waals surface area contributed by atoms with Crippen molar-refractivity contribution in [2.24, 2.45) is 22.9 Å². The third-order valence-corrected chi connectivity index (χ3v) is 13.2. The van der Waals surface area contributed by atoms with Gasteiger partial charge in [-0.25, -0.2) is 4.79 Å². The Kier molecular flexibility index (Phi) is 16.9. The van der Waals surface area contributed by atoms with Crippen LogP contribution in [0.15, 0.2) is 139 Å². The Morgan fingerprint density at radius 1 is 0.794 bits per heavy atom. The minimum Gasteiger partial charge on any atom is -0.490 e. The number of unbranched alkanes of at least 4 members (excludes halogenated alkanes) is 2. The zero-order valence-corrected chi connectivity index (χ0v) is 38.8. The highest BCUT2D eigenvalue weighted by molar-refractivity contribution is 6.03. The minimum absolute atomic E-state index is 0.00545. The summed E-state index contributed by atoms with van der Waals surface area (Å²) < 4.78 is 44.4. The number of amides is 1. The SMILES string of the molecule is C=CCOc1ccc2c(c1)[C@H]1[C@H](CCCCO)[C@@H](CCCCO)C=C3C(=NOCc4ccccc4)C[C@H](N(Cc4ccc5c(c4)OCO5)C(=O)OCCOCc4ccccc4)[C@@](OCC=C)(O2)[C@H]31. The second kappa shape index (κ2) is 23.7. The minimum atomic E-state index is -1.51. The first kappa shape index (κ1) is 48.3. The van der Waals surface area contributed by atoms with Crippen molar-refractivity contribution in [1.82, 2.24) is 4.90 Å². The number of allylic oxidation sites excluding steroid dienone is 1. The second-order valence-corrected chi connectivity index (χ2v) is 17.6. The Morgan fingerprint density at radius 3 is 2.26 bits per heavy atom. The van der Waals surface area contributed by atoms with Gasteiger partial charge >= 0.3 is 6.09 Å². The van der Waals surface area contributed by atoms with Gasteiger partial charge in [0.1, 0.15) is 37.4 Å². The summed E-state index contributed by atoms with van der Waals surface area (Å²) in [5.41, 5.74) is 5.28. The molecule has 6 atom stereocenters. The van der Waals surface area contributed by atoms with Crippen molar-refractivity contribution in [1.29, 1.82) is 0 Å². The molecule has 0 radical (unpaired) electrons. The predicted molar refractivity (Wildman–Crippen MR) is 257 cm³/mol. The molecule has 0 unspecified atom stereocenters. The molecule has 360 valence electrons. The van der Waals surface area contributed by atoms with E-state index in [1.165, 1.54) is 0 Å². The third kappa shape index (κ3) is 11.2. The van der Waals surface area contributed by atoms with Crippen LogP contribution in [-0.2, 0) is 38.8 Å². The smallest absolute Gasteiger partial charge is 0.410 e. The van der Waals surface area contributed by atoms with Crippen molar-refractivity contribution in [2.75, 3.05) is 46.4 Å². The molecule has 2 N–H and O–H groups in total. The maximum atomic E-state index is 15.1. The number of carbonyl (C=O) groups excluding carboxylic acids is 1. The Balaban J connectivity index is 1.27. The molecule has 2 aliphatic heterocycles. The van der Waals surface area contributed by atoms with Crippen LogP contribution in [0.4, 0.5) is 4.79 Å². The molecule has 68 heavy (non-hydrogen) atoms. The molecule has 13 heteroatoms. The lowest BCUT2D eigenvalue weighted by Crippen LogP contribution is -2.70. The zero-order valence-electron chi connectivity index (χ0n) is 38.8. The summed E-state index contributed by atoms with van der Waals surface area (Å²) >= 11 is 0. The van der Waals surface area contributed by atoms with Gasteiger partial charge in [-0.2, -0.15) is 0 Å². The third-order valence-electron chi connectivity index (χ3n) is 13.2. The molecule has 2 aliphatic carbocycles. The van der Waals surface area contributed by atoms with Gasteiger partial charge in [0.2, 0.25) is 12.6 Å². The summed E-state index contributed by atoms with van der Waals surface area (Å²) in [7, 11) is 0. The van der Waals surface area contributed by atoms with Gasteiger partial charge in [-0.1, -0.05) is 110 Å². The highest BCUT2D eigenvalue weighted by Gasteiger charge is 2.65. The topological polar surface area (TPSA) is 147 Å². The molecule has 4 aromatic rings. The van der Waals surface area contributed by atoms with Crippen molar-refractivity contribution in [3.8, 4) is 23.0 Å². The molecule has 4 aliphatic rings. The van der Waals surface area contributed by atoms with Crippen LogP contribution in [0.2, 0.25) is 0 Å². The number of carbonyl (C=O) groups is 1. The number of aliphatic hydroxyl groups excluding tert-OH is 2. The summed E-state index contributed by atoms with van der Waals surface area (Å²) in [4.78, 5) is 23.1. The lowest BCUT2D eigenvalue weighted by Gasteiger charge is -2.59. The number of hydrogen-bond donors (Lipinski definition) is 2. The van der Waals surface area contributed by atoms with Crippen LogP contribution in [0.25, 0.3) is 0 Å². The van der Waals surface area contributed by atoms with Crippen LogP contribution in [-0.4, -0.2) is 85.2 Å². The molecule has 0 spiro atoms. The van der Waals surface area contributed by atoms with Crippen LogP contribution in [0, 0.1) is 17.8 Å². The number of rotatable bonds is 25. The molecule has 4 aromatic carbocycles. The Hall–Kier alpha value is -6.12. The van der Waals surface area contributed by atoms with E-state index in [0.29, 0.717) is 54.8 Å². The first-order chi connectivity index (χ1) is 33.5. The van der Waals surface area contributed by atoms with E-state index < -0.39 is 23.8 Å². The molecule has 2 heterocycles. The monoisotopic (exact) mass is 928 g/mol. The number of benzene rings is 4. The summed E-state index contributed by atoms with van der Waals surface area (Å²) in [5, 5.41) is 25.0. The first-order valence-electron chi connectivity index (χ1n) is 23.9. The largest absolute Gasteiger partial charge is 0.490 e. The van der Waals surface area contributed by atoms with Crippen molar-refractivity contribution in [3.05, 3.63) is 156 Å². The van der Waals surface area contributed by atoms with E-state index in [0.717, 1.165) is 53.5 Å². The summed E-state index contributed by atoms with van der Waals surface area (Å²) in [6, 6.07) is 30.4. The Bertz CT molecular complexity index is 2360. The zero-order chi connectivity index (χ0) is 47.1. The van der Waals surface area contributed by atoms with E-state index in [1.807, 2.05) is 91.0 Å². The number of fused-ring (bicyclic) bond motifs is 3. The van der Waals surface area contributed by atoms with Crippen molar-refractivity contribution >= 4 is 11.8 Å². The quantitative estimate of drug-likeness (QED) is 0.0372. The Labute approximate surface area is 399 Å². The van der Waals surface area contributed by atoms with Crippen LogP contribution < -0.4 is 18.9 Å². The van der Waals surface area contributed by atoms with Gasteiger partial charge in [-0.15, -0.1) is 6.58 Å². The molecular formula is C55H64N2O11. The van der Waals surface area contributed by atoms with E-state index in [4.69, 9.17) is 43.2 Å². The van der Waals surface area contributed by atoms with Gasteiger partial charge in [0.05, 0.1) is 31.5 Å². The van der Waals surface area contributed by atoms with E-state index in [9.17, 15) is 10.2 Å². The summed E-state index contributed by atoms with van der Waals surface area (Å²) in [5.74, 6) is 0.279. The molecule has 8 rings (SSSR count). The van der Waals surface area contributed by atoms with Crippen molar-refractivity contribution in [3.63, 3.8) is 0 Å². The van der Waals surface area contributed by atoms with E-state index in [2.05, 4.69) is 25.3 Å². The predicted octanol–water partition coefficient (Wildman–Crippen LogP) is 9.67. The average molecular weight is 929 g/mol. The maximum absolute atomic E-state index is 15.1. The summed E-state index contributed by atoms with van der Waals surface area (Å²) in [6.45, 7) is 9.51. The van der Waals surface area contributed by atoms with Gasteiger partial charge in [0, 0.05) is 37.7 Å². The highest BCUT2D eigenvalue weighted by Crippen LogP contribution is 2.62. The van der Waals surface area contributed by atoms with Crippen LogP contribution >= 0.6 is 0 Å². The molecule has 1 amide bonds. The van der Waals surface area contributed by atoms with E-state index in [1.54, 1.807) is 17.1 Å². The van der Waals surface area contributed by atoms with Gasteiger partial charge in [-0.05, 0) is 90.1 Å². The number of hydrogen-bond acceptors (Lipinski definition) is 12. The average Bonchev–Trinajstić information content (AvgIpc) is 3.84. The van der Waals surface area contributed by atoms with Gasteiger partial charge in [-0.3, -0.25) is 4.90 Å². The second-order valence-electron chi connectivity index (χ2n) is 17.6. The molecule has 1 fully saturated rings. The van der Waals surface area contributed by atoms with Crippen molar-refractivity contribution in [2.45, 2.75) is 82.5 Å². The van der Waals surface area contributed by atoms with Gasteiger partial charge in [0.15, 0.2) is 11.5 Å². The first-order valence-corrected chi connectivity index (χ1v) is 23.9. The standard InChI is InChI=1S/C55H64N2O11/c1-3-27-62-43-22-24-48-46(33-43)52-44(20-12-14-26-59)42(19-11-13-25-58)32-45-47(56-67-37-40-17-9-6-10-18-40)34-51(55(68-48,53(45)52)66-28-4-2)57(35-41-21-23-49-50(31-41)65-38-64-49)54(60)63-30-29-61-36-39-15-7-5-8-16-39/h3-10,15-18,21-24,31-33,42,44,51-53,58-59H,1-2,11-14,19-20,25-30,34-38H2/t42-,44+,51-,52+,53+,55+/m0/s1. The maximum Gasteiger partial charge on any atom is 0.410 e. The van der Waals surface area contributed by atoms with Crippen LogP contribution in [0.1, 0.15) is 73.1 Å². The van der Waals surface area contributed by atoms with Crippen molar-refractivity contribution < 1.29 is 53.0 Å². The molecule has 0 bridgehead atoms. The van der Waals surface area contributed by atoms with E-state index in [-0.39, 0.29) is 77.2 Å². The normalized spacial score (nSPS) is 22.5. The highest BCUT2D eigenvalue weighted by atomic mass is 16.7. The lowest BCUT2D eigenvalue weighted by molar-refractivity contribution is -0.256.